The topological polar surface area (TPSA) is 57.4 Å². The molecule has 76 heavy (non-hydrogen) atoms. The molecule has 12 aromatic carbocycles. The van der Waals surface area contributed by atoms with Gasteiger partial charge in [0.05, 0.1) is 44.6 Å². The van der Waals surface area contributed by atoms with Crippen LogP contribution in [0.3, 0.4) is 0 Å². The van der Waals surface area contributed by atoms with Gasteiger partial charge in [-0.25, -0.2) is 0 Å². The molecule has 14 aromatic rings. The van der Waals surface area contributed by atoms with Gasteiger partial charge in [-0.05, 0) is 102 Å². The Hall–Kier alpha value is -10.0. The summed E-state index contributed by atoms with van der Waals surface area (Å²) < 4.78 is 4.77. The van der Waals surface area contributed by atoms with Crippen molar-refractivity contribution < 1.29 is 0 Å². The molecule has 16 rings (SSSR count). The van der Waals surface area contributed by atoms with E-state index in [1.807, 2.05) is 0 Å². The molecule has 2 aliphatic carbocycles. The van der Waals surface area contributed by atoms with Gasteiger partial charge in [0, 0.05) is 49.9 Å². The van der Waals surface area contributed by atoms with Crippen molar-refractivity contribution in [2.24, 2.45) is 0 Å². The van der Waals surface area contributed by atoms with Crippen molar-refractivity contribution in [1.82, 2.24) is 9.13 Å². The van der Waals surface area contributed by atoms with Gasteiger partial charge in [-0.2, -0.15) is 10.5 Å². The summed E-state index contributed by atoms with van der Waals surface area (Å²) in [5, 5.41) is 37.0. The van der Waals surface area contributed by atoms with Crippen molar-refractivity contribution in [3.63, 3.8) is 0 Å². The van der Waals surface area contributed by atoms with Crippen LogP contribution in [0.2, 0.25) is 0 Å². The summed E-state index contributed by atoms with van der Waals surface area (Å²) in [5.74, 6) is -0.717. The number of nitriles is 2. The average Bonchev–Trinajstić information content (AvgIpc) is 4.17. The number of benzene rings is 12. The average molecular weight is 965 g/mol. The first kappa shape index (κ1) is 42.5. The second-order valence-electron chi connectivity index (χ2n) is 20.7. The molecule has 2 atom stereocenters. The summed E-state index contributed by atoms with van der Waals surface area (Å²) in [6.07, 6.45) is 1.25. The smallest absolute Gasteiger partial charge is 0.102 e. The molecule has 2 heterocycles. The molecule has 0 aliphatic heterocycles. The lowest BCUT2D eigenvalue weighted by Gasteiger charge is -2.36. The standard InChI is InChI=1S/C72H44N4/c73-41-61-69(60-40-47-21-5-7-23-49(47)57-37-34-44-18-2-9-25-51(44)67(57)60)72(76-65-32-16-13-29-55(65)58-38-35-45-19-3-10-26-52(45)70(58)76)62(42-74)68(71(61)75-63-30-14-11-27-53(63)54-28-12-15-31-64(54)75)59-39-46-20-4-6-22-48(46)56-36-33-43-17-1-8-24-50(43)66(56)59/h1-38,59-60H,39-40H2. The van der Waals surface area contributed by atoms with E-state index in [9.17, 15) is 10.5 Å². The third-order valence-corrected chi connectivity index (χ3v) is 17.1. The predicted octanol–water partition coefficient (Wildman–Crippen LogP) is 17.8. The maximum atomic E-state index is 12.9. The lowest BCUT2D eigenvalue weighted by molar-refractivity contribution is 0.767. The molecule has 0 N–H and O–H groups in total. The van der Waals surface area contributed by atoms with Gasteiger partial charge in [-0.15, -0.1) is 0 Å². The van der Waals surface area contributed by atoms with Crippen LogP contribution in [0.15, 0.2) is 231 Å². The van der Waals surface area contributed by atoms with Crippen LogP contribution in [0.4, 0.5) is 0 Å². The highest BCUT2D eigenvalue weighted by Crippen LogP contribution is 2.56. The van der Waals surface area contributed by atoms with Gasteiger partial charge in [-0.3, -0.25) is 0 Å². The van der Waals surface area contributed by atoms with E-state index < -0.39 is 0 Å². The van der Waals surface area contributed by atoms with E-state index in [1.165, 1.54) is 33.4 Å². The number of aromatic nitrogens is 2. The molecule has 0 saturated heterocycles. The number of hydrogen-bond donors (Lipinski definition) is 0. The fraction of sp³-hybridized carbons (Fsp3) is 0.0556. The Morgan fingerprint density at radius 2 is 0.671 bits per heavy atom. The summed E-state index contributed by atoms with van der Waals surface area (Å²) in [5.41, 5.74) is 17.9. The molecule has 2 unspecified atom stereocenters. The Bertz CT molecular complexity index is 4880. The van der Waals surface area contributed by atoms with Crippen molar-refractivity contribution >= 4 is 75.9 Å². The number of nitrogens with zero attached hydrogens (tertiary/aromatic N) is 4. The molecule has 0 radical (unpaired) electrons. The largest absolute Gasteiger partial charge is 0.308 e. The first-order valence-electron chi connectivity index (χ1n) is 26.3. The summed E-state index contributed by atoms with van der Waals surface area (Å²) >= 11 is 0. The Kier molecular flexibility index (Phi) is 9.09. The molecule has 352 valence electrons. The molecule has 0 spiro atoms. The zero-order chi connectivity index (χ0) is 50.2. The predicted molar refractivity (Wildman–Crippen MR) is 312 cm³/mol. The zero-order valence-corrected chi connectivity index (χ0v) is 41.3. The van der Waals surface area contributed by atoms with E-state index in [4.69, 9.17) is 0 Å². The van der Waals surface area contributed by atoms with Crippen molar-refractivity contribution in [2.45, 2.75) is 24.7 Å². The van der Waals surface area contributed by atoms with Crippen LogP contribution in [-0.4, -0.2) is 9.13 Å². The number of para-hydroxylation sites is 3. The third-order valence-electron chi connectivity index (χ3n) is 17.1. The summed E-state index contributed by atoms with van der Waals surface area (Å²) in [7, 11) is 0. The summed E-state index contributed by atoms with van der Waals surface area (Å²) in [6, 6.07) is 89.2. The fourth-order valence-corrected chi connectivity index (χ4v) is 14.1. The SMILES string of the molecule is N#Cc1c(C2Cc3ccccc3-c3ccc4ccccc4c32)c(-n2c3ccccc3c3ccc4ccccc4c32)c(C#N)c(C2Cc3ccccc3-c3ccc4ccccc4c32)c1-n1c2ccccc2c2ccccc21. The van der Waals surface area contributed by atoms with Gasteiger partial charge in [0.1, 0.15) is 12.1 Å². The van der Waals surface area contributed by atoms with E-state index >= 15 is 0 Å². The normalized spacial score (nSPS) is 14.7. The highest BCUT2D eigenvalue weighted by molar-refractivity contribution is 6.19. The molecule has 0 bridgehead atoms. The first-order valence-corrected chi connectivity index (χ1v) is 26.3. The lowest BCUT2D eigenvalue weighted by Crippen LogP contribution is -2.23. The van der Waals surface area contributed by atoms with E-state index in [1.54, 1.807) is 0 Å². The van der Waals surface area contributed by atoms with Crippen molar-refractivity contribution in [3.8, 4) is 45.8 Å². The van der Waals surface area contributed by atoms with E-state index in [2.05, 4.69) is 252 Å². The molecule has 2 aromatic heterocycles. The molecular formula is C72H44N4. The Labute approximate surface area is 438 Å². The lowest BCUT2D eigenvalue weighted by atomic mass is 9.68. The van der Waals surface area contributed by atoms with Gasteiger partial charge < -0.3 is 9.13 Å². The van der Waals surface area contributed by atoms with Crippen LogP contribution in [0.5, 0.6) is 0 Å². The van der Waals surface area contributed by atoms with Gasteiger partial charge in [0.15, 0.2) is 0 Å². The van der Waals surface area contributed by atoms with E-state index in [-0.39, 0.29) is 11.8 Å². The van der Waals surface area contributed by atoms with Gasteiger partial charge in [0.25, 0.3) is 0 Å². The second-order valence-corrected chi connectivity index (χ2v) is 20.7. The summed E-state index contributed by atoms with van der Waals surface area (Å²) in [4.78, 5) is 0. The Balaban J connectivity index is 1.19. The summed E-state index contributed by atoms with van der Waals surface area (Å²) in [6.45, 7) is 0. The number of hydrogen-bond acceptors (Lipinski definition) is 2. The quantitative estimate of drug-likeness (QED) is 0.176. The number of rotatable bonds is 4. The van der Waals surface area contributed by atoms with Crippen LogP contribution < -0.4 is 0 Å². The minimum atomic E-state index is -0.361. The van der Waals surface area contributed by atoms with Crippen molar-refractivity contribution in [3.05, 3.63) is 275 Å². The first-order chi connectivity index (χ1) is 37.7. The minimum absolute atomic E-state index is 0.356. The molecule has 4 heteroatoms. The molecular weight excluding hydrogens is 921 g/mol. The molecule has 0 amide bonds. The molecule has 0 saturated carbocycles. The maximum absolute atomic E-state index is 12.9. The fourth-order valence-electron chi connectivity index (χ4n) is 14.1. The Morgan fingerprint density at radius 3 is 1.17 bits per heavy atom. The highest BCUT2D eigenvalue weighted by Gasteiger charge is 2.41. The van der Waals surface area contributed by atoms with Crippen molar-refractivity contribution in [2.75, 3.05) is 0 Å². The molecule has 4 nitrogen and oxygen atoms in total. The molecule has 0 fully saturated rings. The van der Waals surface area contributed by atoms with Gasteiger partial charge >= 0.3 is 0 Å². The second kappa shape index (κ2) is 16.2. The van der Waals surface area contributed by atoms with Crippen LogP contribution >= 0.6 is 0 Å². The highest BCUT2D eigenvalue weighted by atomic mass is 15.0. The van der Waals surface area contributed by atoms with E-state index in [0.717, 1.165) is 110 Å². The van der Waals surface area contributed by atoms with Gasteiger partial charge in [-0.1, -0.05) is 212 Å². The van der Waals surface area contributed by atoms with E-state index in [0.29, 0.717) is 24.0 Å². The third kappa shape index (κ3) is 5.82. The van der Waals surface area contributed by atoms with Gasteiger partial charge in [0.2, 0.25) is 0 Å². The van der Waals surface area contributed by atoms with Crippen LogP contribution in [0, 0.1) is 22.7 Å². The molecule has 2 aliphatic rings. The number of fused-ring (bicyclic) bond motifs is 18. The van der Waals surface area contributed by atoms with Crippen molar-refractivity contribution in [1.29, 1.82) is 10.5 Å². The van der Waals surface area contributed by atoms with Crippen LogP contribution in [0.1, 0.15) is 56.3 Å². The Morgan fingerprint density at radius 1 is 0.303 bits per heavy atom. The maximum Gasteiger partial charge on any atom is 0.102 e. The minimum Gasteiger partial charge on any atom is -0.308 e. The monoisotopic (exact) mass is 964 g/mol. The van der Waals surface area contributed by atoms with Crippen LogP contribution in [0.25, 0.3) is 110 Å². The van der Waals surface area contributed by atoms with Crippen LogP contribution in [-0.2, 0) is 12.8 Å². The zero-order valence-electron chi connectivity index (χ0n) is 41.3.